The van der Waals surface area contributed by atoms with Crippen LogP contribution < -0.4 is 10.6 Å². The summed E-state index contributed by atoms with van der Waals surface area (Å²) in [6.45, 7) is 1.79. The van der Waals surface area contributed by atoms with Crippen molar-refractivity contribution in [3.63, 3.8) is 0 Å². The average Bonchev–Trinajstić information content (AvgIpc) is 2.80. The molecule has 0 fully saturated rings. The van der Waals surface area contributed by atoms with Crippen molar-refractivity contribution in [3.05, 3.63) is 58.7 Å². The van der Waals surface area contributed by atoms with Gasteiger partial charge in [-0.25, -0.2) is 0 Å². The predicted octanol–water partition coefficient (Wildman–Crippen LogP) is 2.03. The Balaban J connectivity index is 1.92. The van der Waals surface area contributed by atoms with E-state index in [4.69, 9.17) is 0 Å². The molecule has 1 unspecified atom stereocenters. The van der Waals surface area contributed by atoms with Crippen molar-refractivity contribution < 1.29 is 30.0 Å². The summed E-state index contributed by atoms with van der Waals surface area (Å²) in [5, 5.41) is 61.4. The first-order chi connectivity index (χ1) is 16.1. The van der Waals surface area contributed by atoms with Crippen LogP contribution in [0.3, 0.4) is 0 Å². The van der Waals surface area contributed by atoms with E-state index >= 15 is 0 Å². The number of carbonyl (C=O) groups is 2. The second kappa shape index (κ2) is 11.6. The molecule has 0 saturated heterocycles. The number of hydrogen-bond donors (Lipinski definition) is 6. The summed E-state index contributed by atoms with van der Waals surface area (Å²) in [7, 11) is 0. The molecule has 0 heterocycles. The van der Waals surface area contributed by atoms with Crippen molar-refractivity contribution in [2.24, 2.45) is 0 Å². The lowest BCUT2D eigenvalue weighted by molar-refractivity contribution is -0.117. The van der Waals surface area contributed by atoms with E-state index in [0.29, 0.717) is 17.5 Å². The summed E-state index contributed by atoms with van der Waals surface area (Å²) < 4.78 is 0. The molecule has 10 heteroatoms. The standard InChI is InChI=1S/C24H22N4O6/c1-14(28-24(34)18(13-26)9-16-3-5-20(30)22(32)11-16)6-7-27-23(33)17(12-25)8-15-2-4-19(29)21(31)10-15/h2-5,8-11,14,29-32H,6-7H2,1H3,(H,27,33)(H,28,34)/b17-8+,18-9+. The number of phenolic OH excluding ortho intramolecular Hbond substituents is 4. The third-order valence-electron chi connectivity index (χ3n) is 4.59. The summed E-state index contributed by atoms with van der Waals surface area (Å²) >= 11 is 0. The molecule has 0 saturated carbocycles. The van der Waals surface area contributed by atoms with Gasteiger partial charge in [-0.2, -0.15) is 10.5 Å². The lowest BCUT2D eigenvalue weighted by atomic mass is 10.1. The fourth-order valence-electron chi connectivity index (χ4n) is 2.76. The molecule has 0 aliphatic heterocycles. The van der Waals surface area contributed by atoms with Crippen LogP contribution >= 0.6 is 0 Å². The van der Waals surface area contributed by atoms with Crippen LogP contribution in [-0.4, -0.2) is 44.8 Å². The monoisotopic (exact) mass is 462 g/mol. The van der Waals surface area contributed by atoms with Gasteiger partial charge in [0.25, 0.3) is 11.8 Å². The van der Waals surface area contributed by atoms with Crippen molar-refractivity contribution >= 4 is 24.0 Å². The number of amides is 2. The van der Waals surface area contributed by atoms with Crippen molar-refractivity contribution in [1.29, 1.82) is 10.5 Å². The molecule has 174 valence electrons. The molecule has 0 bridgehead atoms. The molecule has 0 aromatic heterocycles. The quantitative estimate of drug-likeness (QED) is 0.195. The first-order valence-corrected chi connectivity index (χ1v) is 10.0. The van der Waals surface area contributed by atoms with Crippen LogP contribution in [0.5, 0.6) is 23.0 Å². The molecule has 2 aromatic rings. The van der Waals surface area contributed by atoms with Gasteiger partial charge in [0.15, 0.2) is 23.0 Å². The Morgan fingerprint density at radius 1 is 0.853 bits per heavy atom. The number of aromatic hydroxyl groups is 4. The molecule has 2 rings (SSSR count). The number of nitriles is 2. The highest BCUT2D eigenvalue weighted by Gasteiger charge is 2.14. The third kappa shape index (κ3) is 7.04. The normalized spacial score (nSPS) is 12.2. The van der Waals surface area contributed by atoms with E-state index in [9.17, 15) is 40.5 Å². The highest BCUT2D eigenvalue weighted by atomic mass is 16.3. The number of benzene rings is 2. The molecule has 0 spiro atoms. The largest absolute Gasteiger partial charge is 0.504 e. The minimum Gasteiger partial charge on any atom is -0.504 e. The maximum Gasteiger partial charge on any atom is 0.262 e. The van der Waals surface area contributed by atoms with Crippen molar-refractivity contribution in [2.75, 3.05) is 6.54 Å². The first kappa shape index (κ1) is 25.3. The fourth-order valence-corrected chi connectivity index (χ4v) is 2.76. The molecule has 2 amide bonds. The van der Waals surface area contributed by atoms with Crippen LogP contribution in [0.1, 0.15) is 24.5 Å². The molecule has 0 aliphatic carbocycles. The van der Waals surface area contributed by atoms with Crippen molar-refractivity contribution in [2.45, 2.75) is 19.4 Å². The van der Waals surface area contributed by atoms with Crippen LogP contribution in [0.25, 0.3) is 12.2 Å². The molecule has 1 atom stereocenters. The highest BCUT2D eigenvalue weighted by Crippen LogP contribution is 2.26. The number of hydrogen-bond acceptors (Lipinski definition) is 8. The zero-order valence-electron chi connectivity index (χ0n) is 18.1. The maximum atomic E-state index is 12.4. The summed E-state index contributed by atoms with van der Waals surface area (Å²) in [4.78, 5) is 24.6. The van der Waals surface area contributed by atoms with Gasteiger partial charge in [0.05, 0.1) is 0 Å². The Bertz CT molecular complexity index is 1240. The molecule has 10 nitrogen and oxygen atoms in total. The number of phenols is 4. The maximum absolute atomic E-state index is 12.4. The van der Waals surface area contributed by atoms with E-state index in [1.165, 1.54) is 48.6 Å². The van der Waals surface area contributed by atoms with E-state index in [1.807, 2.05) is 0 Å². The summed E-state index contributed by atoms with van der Waals surface area (Å²) in [6.07, 6.45) is 2.81. The number of carbonyl (C=O) groups excluding carboxylic acids is 2. The Morgan fingerprint density at radius 2 is 1.32 bits per heavy atom. The summed E-state index contributed by atoms with van der Waals surface area (Å²) in [6, 6.07) is 10.8. The molecule has 2 aromatic carbocycles. The van der Waals surface area contributed by atoms with Crippen LogP contribution in [0, 0.1) is 22.7 Å². The molecular weight excluding hydrogens is 440 g/mol. The SMILES string of the molecule is CC(CCNC(=O)/C(C#N)=C/c1ccc(O)c(O)c1)NC(=O)/C(C#N)=C/c1ccc(O)c(O)c1. The zero-order valence-corrected chi connectivity index (χ0v) is 18.1. The van der Waals surface area contributed by atoms with Gasteiger partial charge in [-0.15, -0.1) is 0 Å². The van der Waals surface area contributed by atoms with E-state index in [1.54, 1.807) is 19.1 Å². The highest BCUT2D eigenvalue weighted by molar-refractivity contribution is 6.02. The van der Waals surface area contributed by atoms with Crippen LogP contribution in [0.4, 0.5) is 0 Å². The van der Waals surface area contributed by atoms with Gasteiger partial charge in [-0.1, -0.05) is 12.1 Å². The van der Waals surface area contributed by atoms with Gasteiger partial charge >= 0.3 is 0 Å². The zero-order chi connectivity index (χ0) is 25.3. The Hall–Kier alpha value is -4.96. The Morgan fingerprint density at radius 3 is 1.76 bits per heavy atom. The van der Waals surface area contributed by atoms with Crippen LogP contribution in [0.15, 0.2) is 47.5 Å². The second-order valence-corrected chi connectivity index (χ2v) is 7.26. The average molecular weight is 462 g/mol. The lowest BCUT2D eigenvalue weighted by Gasteiger charge is -2.14. The van der Waals surface area contributed by atoms with Gasteiger partial charge in [0.2, 0.25) is 0 Å². The molecular formula is C24H22N4O6. The van der Waals surface area contributed by atoms with Gasteiger partial charge in [-0.05, 0) is 60.9 Å². The number of nitrogens with zero attached hydrogens (tertiary/aromatic N) is 2. The fraction of sp³-hybridized carbons (Fsp3) is 0.167. The van der Waals surface area contributed by atoms with E-state index < -0.39 is 17.9 Å². The van der Waals surface area contributed by atoms with E-state index in [2.05, 4.69) is 10.6 Å². The molecule has 0 aliphatic rings. The van der Waals surface area contributed by atoms with Crippen molar-refractivity contribution in [1.82, 2.24) is 10.6 Å². The van der Waals surface area contributed by atoms with Gasteiger partial charge in [-0.3, -0.25) is 9.59 Å². The molecule has 34 heavy (non-hydrogen) atoms. The summed E-state index contributed by atoms with van der Waals surface area (Å²) in [5.74, 6) is -2.73. The van der Waals surface area contributed by atoms with Gasteiger partial charge in [0.1, 0.15) is 23.3 Å². The van der Waals surface area contributed by atoms with Gasteiger partial charge in [0, 0.05) is 12.6 Å². The van der Waals surface area contributed by atoms with Crippen LogP contribution in [0.2, 0.25) is 0 Å². The molecule has 0 radical (unpaired) electrons. The number of rotatable bonds is 8. The summed E-state index contributed by atoms with van der Waals surface area (Å²) in [5.41, 5.74) is 0.265. The number of nitrogens with one attached hydrogen (secondary N) is 2. The van der Waals surface area contributed by atoms with E-state index in [-0.39, 0.29) is 40.7 Å². The minimum atomic E-state index is -0.654. The Kier molecular flexibility index (Phi) is 8.63. The van der Waals surface area contributed by atoms with Crippen LogP contribution in [-0.2, 0) is 9.59 Å². The lowest BCUT2D eigenvalue weighted by Crippen LogP contribution is -2.36. The van der Waals surface area contributed by atoms with Gasteiger partial charge < -0.3 is 31.1 Å². The smallest absolute Gasteiger partial charge is 0.262 e. The Labute approximate surface area is 195 Å². The predicted molar refractivity (Wildman–Crippen MR) is 122 cm³/mol. The van der Waals surface area contributed by atoms with E-state index in [0.717, 1.165) is 0 Å². The first-order valence-electron chi connectivity index (χ1n) is 10.0. The molecule has 6 N–H and O–H groups in total. The van der Waals surface area contributed by atoms with Crippen molar-refractivity contribution in [3.8, 4) is 35.1 Å². The topological polar surface area (TPSA) is 187 Å². The third-order valence-corrected chi connectivity index (χ3v) is 4.59. The minimum absolute atomic E-state index is 0.123. The second-order valence-electron chi connectivity index (χ2n) is 7.26.